The number of H-pyrrole nitrogens is 1. The second kappa shape index (κ2) is 5.09. The number of aromatic nitrogens is 2. The highest BCUT2D eigenvalue weighted by Crippen LogP contribution is 2.33. The van der Waals surface area contributed by atoms with Gasteiger partial charge < -0.3 is 19.8 Å². The van der Waals surface area contributed by atoms with Gasteiger partial charge in [0.2, 0.25) is 0 Å². The van der Waals surface area contributed by atoms with Gasteiger partial charge in [-0.15, -0.1) is 0 Å². The lowest BCUT2D eigenvalue weighted by atomic mass is 10.2. The van der Waals surface area contributed by atoms with E-state index in [1.165, 1.54) is 0 Å². The maximum absolute atomic E-state index is 5.57. The van der Waals surface area contributed by atoms with Crippen LogP contribution in [0.1, 0.15) is 19.7 Å². The lowest BCUT2D eigenvalue weighted by Crippen LogP contribution is -2.19. The molecule has 2 aromatic rings. The standard InChI is InChI=1S/C14H19N3O2/c1-9(2)7-15-8-14-16-10-5-12-13(6-11(10)17-14)19-4-3-18-12/h5-6,9,15H,3-4,7-8H2,1-2H3,(H,16,17). The Morgan fingerprint density at radius 1 is 1.26 bits per heavy atom. The van der Waals surface area contributed by atoms with Gasteiger partial charge in [0.05, 0.1) is 17.6 Å². The number of ether oxygens (including phenoxy) is 2. The third-order valence-corrected chi connectivity index (χ3v) is 3.04. The summed E-state index contributed by atoms with van der Waals surface area (Å²) in [5.74, 6) is 3.16. The van der Waals surface area contributed by atoms with Crippen LogP contribution in [0, 0.1) is 5.92 Å². The molecule has 0 radical (unpaired) electrons. The summed E-state index contributed by atoms with van der Waals surface area (Å²) in [5.41, 5.74) is 1.91. The molecule has 102 valence electrons. The van der Waals surface area contributed by atoms with Crippen molar-refractivity contribution in [1.29, 1.82) is 0 Å². The molecule has 0 atom stereocenters. The molecule has 1 aromatic heterocycles. The van der Waals surface area contributed by atoms with Gasteiger partial charge in [0.25, 0.3) is 0 Å². The van der Waals surface area contributed by atoms with Crippen LogP contribution in [0.4, 0.5) is 0 Å². The van der Waals surface area contributed by atoms with E-state index < -0.39 is 0 Å². The van der Waals surface area contributed by atoms with Crippen molar-refractivity contribution in [3.63, 3.8) is 0 Å². The summed E-state index contributed by atoms with van der Waals surface area (Å²) in [4.78, 5) is 7.87. The Balaban J connectivity index is 1.80. The van der Waals surface area contributed by atoms with E-state index in [2.05, 4.69) is 29.1 Å². The monoisotopic (exact) mass is 261 g/mol. The van der Waals surface area contributed by atoms with Crippen LogP contribution in [-0.4, -0.2) is 29.7 Å². The molecule has 0 saturated heterocycles. The zero-order valence-electron chi connectivity index (χ0n) is 11.3. The van der Waals surface area contributed by atoms with Crippen LogP contribution in [-0.2, 0) is 6.54 Å². The quantitative estimate of drug-likeness (QED) is 0.884. The molecule has 0 saturated carbocycles. The fraction of sp³-hybridized carbons (Fsp3) is 0.500. The van der Waals surface area contributed by atoms with E-state index in [9.17, 15) is 0 Å². The molecule has 0 spiro atoms. The lowest BCUT2D eigenvalue weighted by Gasteiger charge is -2.17. The minimum Gasteiger partial charge on any atom is -0.486 e. The van der Waals surface area contributed by atoms with Gasteiger partial charge in [-0.2, -0.15) is 0 Å². The van der Waals surface area contributed by atoms with Crippen LogP contribution in [0.3, 0.4) is 0 Å². The van der Waals surface area contributed by atoms with Crippen molar-refractivity contribution < 1.29 is 9.47 Å². The fourth-order valence-electron chi connectivity index (χ4n) is 2.16. The normalized spacial score (nSPS) is 14.3. The highest BCUT2D eigenvalue weighted by atomic mass is 16.6. The van der Waals surface area contributed by atoms with E-state index in [4.69, 9.17) is 9.47 Å². The van der Waals surface area contributed by atoms with Gasteiger partial charge >= 0.3 is 0 Å². The summed E-state index contributed by atoms with van der Waals surface area (Å²) in [6, 6.07) is 3.90. The number of nitrogens with zero attached hydrogens (tertiary/aromatic N) is 1. The first-order valence-electron chi connectivity index (χ1n) is 6.71. The van der Waals surface area contributed by atoms with E-state index in [1.54, 1.807) is 0 Å². The molecule has 0 fully saturated rings. The highest BCUT2D eigenvalue weighted by molar-refractivity contribution is 5.79. The number of hydrogen-bond donors (Lipinski definition) is 2. The molecule has 2 N–H and O–H groups in total. The van der Waals surface area contributed by atoms with Crippen molar-refractivity contribution in [3.8, 4) is 11.5 Å². The average Bonchev–Trinajstić information content (AvgIpc) is 2.77. The van der Waals surface area contributed by atoms with E-state index in [0.29, 0.717) is 19.1 Å². The van der Waals surface area contributed by atoms with Crippen molar-refractivity contribution in [2.24, 2.45) is 5.92 Å². The van der Waals surface area contributed by atoms with Crippen molar-refractivity contribution in [3.05, 3.63) is 18.0 Å². The summed E-state index contributed by atoms with van der Waals surface area (Å²) in [5, 5.41) is 3.38. The molecule has 1 aliphatic heterocycles. The van der Waals surface area contributed by atoms with Gasteiger partial charge in [0, 0.05) is 12.1 Å². The van der Waals surface area contributed by atoms with Gasteiger partial charge in [-0.3, -0.25) is 0 Å². The van der Waals surface area contributed by atoms with Gasteiger partial charge in [-0.25, -0.2) is 4.98 Å². The molecule has 0 bridgehead atoms. The predicted molar refractivity (Wildman–Crippen MR) is 73.6 cm³/mol. The Hall–Kier alpha value is -1.75. The third-order valence-electron chi connectivity index (χ3n) is 3.04. The zero-order valence-corrected chi connectivity index (χ0v) is 11.3. The molecule has 1 aliphatic rings. The van der Waals surface area contributed by atoms with Crippen LogP contribution in [0.25, 0.3) is 11.0 Å². The molecule has 3 rings (SSSR count). The first-order chi connectivity index (χ1) is 9.22. The van der Waals surface area contributed by atoms with E-state index in [0.717, 1.165) is 41.4 Å². The number of fused-ring (bicyclic) bond motifs is 2. The molecule has 0 aliphatic carbocycles. The van der Waals surface area contributed by atoms with Crippen molar-refractivity contribution in [2.45, 2.75) is 20.4 Å². The molecule has 0 amide bonds. The number of benzene rings is 1. The Kier molecular flexibility index (Phi) is 3.29. The summed E-state index contributed by atoms with van der Waals surface area (Å²) >= 11 is 0. The number of nitrogens with one attached hydrogen (secondary N) is 2. The minimum absolute atomic E-state index is 0.603. The Morgan fingerprint density at radius 3 is 2.74 bits per heavy atom. The van der Waals surface area contributed by atoms with Crippen LogP contribution in [0.15, 0.2) is 12.1 Å². The summed E-state index contributed by atoms with van der Waals surface area (Å²) in [6.45, 7) is 7.32. The Bertz CT molecular complexity index is 534. The van der Waals surface area contributed by atoms with Gasteiger partial charge in [0.15, 0.2) is 11.5 Å². The molecule has 2 heterocycles. The van der Waals surface area contributed by atoms with Crippen LogP contribution in [0.2, 0.25) is 0 Å². The van der Waals surface area contributed by atoms with E-state index in [1.807, 2.05) is 12.1 Å². The maximum Gasteiger partial charge on any atom is 0.163 e. The first kappa shape index (κ1) is 12.3. The zero-order chi connectivity index (χ0) is 13.2. The minimum atomic E-state index is 0.603. The fourth-order valence-corrected chi connectivity index (χ4v) is 2.16. The van der Waals surface area contributed by atoms with Crippen molar-refractivity contribution >= 4 is 11.0 Å². The molecule has 5 nitrogen and oxygen atoms in total. The molecular formula is C14H19N3O2. The van der Waals surface area contributed by atoms with E-state index >= 15 is 0 Å². The van der Waals surface area contributed by atoms with Gasteiger partial charge in [-0.05, 0) is 12.5 Å². The summed E-state index contributed by atoms with van der Waals surface area (Å²) in [6.07, 6.45) is 0. The van der Waals surface area contributed by atoms with Crippen molar-refractivity contribution in [1.82, 2.24) is 15.3 Å². The SMILES string of the molecule is CC(C)CNCc1nc2cc3c(cc2[nH]1)OCCO3. The number of hydrogen-bond acceptors (Lipinski definition) is 4. The maximum atomic E-state index is 5.57. The second-order valence-electron chi connectivity index (χ2n) is 5.22. The number of aromatic amines is 1. The van der Waals surface area contributed by atoms with Gasteiger partial charge in [0.1, 0.15) is 19.0 Å². The van der Waals surface area contributed by atoms with Crippen LogP contribution >= 0.6 is 0 Å². The van der Waals surface area contributed by atoms with Gasteiger partial charge in [-0.1, -0.05) is 13.8 Å². The molecular weight excluding hydrogens is 242 g/mol. The smallest absolute Gasteiger partial charge is 0.163 e. The second-order valence-corrected chi connectivity index (χ2v) is 5.22. The number of imidazole rings is 1. The largest absolute Gasteiger partial charge is 0.486 e. The van der Waals surface area contributed by atoms with Crippen LogP contribution in [0.5, 0.6) is 11.5 Å². The highest BCUT2D eigenvalue weighted by Gasteiger charge is 2.14. The predicted octanol–water partition coefficient (Wildman–Crippen LogP) is 2.08. The summed E-state index contributed by atoms with van der Waals surface area (Å²) < 4.78 is 11.1. The number of rotatable bonds is 4. The average molecular weight is 261 g/mol. The molecule has 0 unspecified atom stereocenters. The summed E-state index contributed by atoms with van der Waals surface area (Å²) in [7, 11) is 0. The van der Waals surface area contributed by atoms with Crippen LogP contribution < -0.4 is 14.8 Å². The molecule has 5 heteroatoms. The van der Waals surface area contributed by atoms with Crippen molar-refractivity contribution in [2.75, 3.05) is 19.8 Å². The first-order valence-corrected chi connectivity index (χ1v) is 6.71. The Labute approximate surface area is 112 Å². The molecule has 19 heavy (non-hydrogen) atoms. The molecule has 1 aromatic carbocycles. The topological polar surface area (TPSA) is 59.2 Å². The Morgan fingerprint density at radius 2 is 2.00 bits per heavy atom. The third kappa shape index (κ3) is 2.66. The lowest BCUT2D eigenvalue weighted by molar-refractivity contribution is 0.172. The van der Waals surface area contributed by atoms with E-state index in [-0.39, 0.29) is 0 Å².